The number of H-pyrrole nitrogens is 1. The van der Waals surface area contributed by atoms with Gasteiger partial charge in [0.05, 0.1) is 28.6 Å². The maximum Gasteiger partial charge on any atom is 0.234 e. The molecule has 0 saturated heterocycles. The fourth-order valence-electron chi connectivity index (χ4n) is 3.08. The van der Waals surface area contributed by atoms with Gasteiger partial charge in [0.15, 0.2) is 5.16 Å². The molecule has 3 N–H and O–H groups in total. The van der Waals surface area contributed by atoms with Crippen molar-refractivity contribution in [3.63, 3.8) is 0 Å². The maximum absolute atomic E-state index is 12.4. The number of ether oxygens (including phenoxy) is 1. The zero-order valence-electron chi connectivity index (χ0n) is 17.4. The molecule has 0 aliphatic carbocycles. The lowest BCUT2D eigenvalue weighted by molar-refractivity contribution is -0.113. The van der Waals surface area contributed by atoms with E-state index in [4.69, 9.17) is 16.3 Å². The largest absolute Gasteiger partial charge is 0.456 e. The first-order valence-electron chi connectivity index (χ1n) is 9.81. The minimum atomic E-state index is -1.09. The highest BCUT2D eigenvalue weighted by Gasteiger charge is 2.22. The summed E-state index contributed by atoms with van der Waals surface area (Å²) in [6.07, 6.45) is 3.31. The van der Waals surface area contributed by atoms with Crippen LogP contribution in [0.4, 0.5) is 5.69 Å². The van der Waals surface area contributed by atoms with E-state index in [1.807, 2.05) is 6.07 Å². The Balaban J connectivity index is 1.37. The van der Waals surface area contributed by atoms with Crippen LogP contribution in [0.3, 0.4) is 0 Å². The topological polar surface area (TPSA) is 100 Å². The van der Waals surface area contributed by atoms with Crippen LogP contribution in [0.25, 0.3) is 11.0 Å². The van der Waals surface area contributed by atoms with E-state index in [1.165, 1.54) is 11.8 Å². The predicted octanol–water partition coefficient (Wildman–Crippen LogP) is 5.36. The molecule has 0 unspecified atom stereocenters. The van der Waals surface area contributed by atoms with Crippen molar-refractivity contribution in [2.45, 2.75) is 24.6 Å². The molecule has 0 bridgehead atoms. The van der Waals surface area contributed by atoms with Gasteiger partial charge in [-0.05, 0) is 62.4 Å². The number of halogens is 1. The molecule has 0 spiro atoms. The number of aromatic amines is 1. The number of amides is 1. The number of carbonyl (C=O) groups is 1. The van der Waals surface area contributed by atoms with E-state index in [0.717, 1.165) is 0 Å². The van der Waals surface area contributed by atoms with Crippen molar-refractivity contribution in [3.05, 3.63) is 71.5 Å². The number of benzene rings is 2. The van der Waals surface area contributed by atoms with Crippen LogP contribution in [0.2, 0.25) is 5.02 Å². The summed E-state index contributed by atoms with van der Waals surface area (Å²) in [5.74, 6) is 1.28. The second kappa shape index (κ2) is 9.20. The third-order valence-corrected chi connectivity index (χ3v) is 5.63. The quantitative estimate of drug-likeness (QED) is 0.315. The number of hydrogen-bond donors (Lipinski definition) is 3. The molecule has 4 aromatic rings. The number of aromatic nitrogens is 3. The Labute approximate surface area is 194 Å². The van der Waals surface area contributed by atoms with Crippen molar-refractivity contribution in [1.82, 2.24) is 15.0 Å². The van der Waals surface area contributed by atoms with E-state index in [2.05, 4.69) is 20.3 Å². The summed E-state index contributed by atoms with van der Waals surface area (Å²) >= 11 is 7.44. The number of anilines is 1. The van der Waals surface area contributed by atoms with Gasteiger partial charge in [0.1, 0.15) is 11.5 Å². The lowest BCUT2D eigenvalue weighted by Gasteiger charge is -2.18. The van der Waals surface area contributed by atoms with Crippen LogP contribution in [-0.4, -0.2) is 31.7 Å². The first-order chi connectivity index (χ1) is 15.3. The maximum atomic E-state index is 12.4. The van der Waals surface area contributed by atoms with Crippen LogP contribution in [0.5, 0.6) is 11.5 Å². The lowest BCUT2D eigenvalue weighted by Crippen LogP contribution is -2.16. The molecule has 2 aromatic carbocycles. The smallest absolute Gasteiger partial charge is 0.234 e. The predicted molar refractivity (Wildman–Crippen MR) is 126 cm³/mol. The second-order valence-electron chi connectivity index (χ2n) is 7.60. The van der Waals surface area contributed by atoms with E-state index < -0.39 is 5.60 Å². The van der Waals surface area contributed by atoms with E-state index in [0.29, 0.717) is 44.0 Å². The van der Waals surface area contributed by atoms with Gasteiger partial charge in [-0.2, -0.15) is 0 Å². The van der Waals surface area contributed by atoms with Crippen LogP contribution in [0.1, 0.15) is 19.4 Å². The average Bonchev–Trinajstić information content (AvgIpc) is 3.16. The Morgan fingerprint density at radius 1 is 1.22 bits per heavy atom. The van der Waals surface area contributed by atoms with Gasteiger partial charge < -0.3 is 20.1 Å². The monoisotopic (exact) mass is 468 g/mol. The number of fused-ring (bicyclic) bond motifs is 1. The van der Waals surface area contributed by atoms with Crippen LogP contribution in [0.15, 0.2) is 66.1 Å². The Kier molecular flexibility index (Phi) is 6.36. The highest BCUT2D eigenvalue weighted by molar-refractivity contribution is 7.99. The van der Waals surface area contributed by atoms with Gasteiger partial charge in [0.2, 0.25) is 5.91 Å². The molecule has 0 radical (unpaired) electrons. The molecule has 2 aromatic heterocycles. The SMILES string of the molecule is CC(C)(O)c1cc(Cl)cc2[nH]c(SCC(=O)Nc3ccc(Oc4cccnc4)cc3)nc12. The summed E-state index contributed by atoms with van der Waals surface area (Å²) in [6.45, 7) is 3.36. The summed E-state index contributed by atoms with van der Waals surface area (Å²) in [4.78, 5) is 24.1. The van der Waals surface area contributed by atoms with E-state index in [9.17, 15) is 9.90 Å². The van der Waals surface area contributed by atoms with Gasteiger partial charge >= 0.3 is 0 Å². The van der Waals surface area contributed by atoms with E-state index in [1.54, 1.807) is 68.7 Å². The molecule has 1 amide bonds. The van der Waals surface area contributed by atoms with Crippen molar-refractivity contribution < 1.29 is 14.6 Å². The minimum absolute atomic E-state index is 0.166. The zero-order chi connectivity index (χ0) is 22.7. The van der Waals surface area contributed by atoms with Gasteiger partial charge in [-0.3, -0.25) is 9.78 Å². The molecule has 2 heterocycles. The highest BCUT2D eigenvalue weighted by Crippen LogP contribution is 2.32. The molecule has 0 atom stereocenters. The molecule has 4 rings (SSSR count). The number of aliphatic hydroxyl groups is 1. The molecule has 164 valence electrons. The first kappa shape index (κ1) is 22.1. The summed E-state index contributed by atoms with van der Waals surface area (Å²) in [7, 11) is 0. The van der Waals surface area contributed by atoms with Gasteiger partial charge in [-0.25, -0.2) is 4.98 Å². The second-order valence-corrected chi connectivity index (χ2v) is 9.00. The minimum Gasteiger partial charge on any atom is -0.456 e. The van der Waals surface area contributed by atoms with Gasteiger partial charge in [-0.1, -0.05) is 23.4 Å². The van der Waals surface area contributed by atoms with Gasteiger partial charge in [0, 0.05) is 22.5 Å². The Hall–Kier alpha value is -3.07. The molecule has 9 heteroatoms. The molecule has 0 fully saturated rings. The molecule has 0 aliphatic heterocycles. The van der Waals surface area contributed by atoms with E-state index in [-0.39, 0.29) is 11.7 Å². The molecule has 7 nitrogen and oxygen atoms in total. The number of nitrogens with one attached hydrogen (secondary N) is 2. The lowest BCUT2D eigenvalue weighted by atomic mass is 9.97. The summed E-state index contributed by atoms with van der Waals surface area (Å²) in [5, 5.41) is 14.3. The standard InChI is InChI=1S/C23H21ClN4O3S/c1-23(2,30)18-10-14(24)11-19-21(18)28-22(27-19)32-13-20(29)26-15-5-7-16(8-6-15)31-17-4-3-9-25-12-17/h3-12,30H,13H2,1-2H3,(H,26,29)(H,27,28). The number of hydrogen-bond acceptors (Lipinski definition) is 6. The summed E-state index contributed by atoms with van der Waals surface area (Å²) in [5.41, 5.74) is 1.54. The number of pyridine rings is 1. The van der Waals surface area contributed by atoms with Gasteiger partial charge in [0.25, 0.3) is 0 Å². The van der Waals surface area contributed by atoms with E-state index >= 15 is 0 Å². The summed E-state index contributed by atoms with van der Waals surface area (Å²) in [6, 6.07) is 14.2. The molecular formula is C23H21ClN4O3S. The van der Waals surface area contributed by atoms with Crippen molar-refractivity contribution in [2.75, 3.05) is 11.1 Å². The Morgan fingerprint density at radius 3 is 2.69 bits per heavy atom. The Bertz CT molecular complexity index is 1240. The fraction of sp³-hybridized carbons (Fsp3) is 0.174. The van der Waals surface area contributed by atoms with Gasteiger partial charge in [-0.15, -0.1) is 0 Å². The first-order valence-corrected chi connectivity index (χ1v) is 11.2. The van der Waals surface area contributed by atoms with Crippen molar-refractivity contribution in [1.29, 1.82) is 0 Å². The third kappa shape index (κ3) is 5.40. The fourth-order valence-corrected chi connectivity index (χ4v) is 3.97. The molecule has 32 heavy (non-hydrogen) atoms. The van der Waals surface area contributed by atoms with Crippen molar-refractivity contribution >= 4 is 46.0 Å². The molecule has 0 saturated carbocycles. The number of thioether (sulfide) groups is 1. The van der Waals surface area contributed by atoms with Crippen LogP contribution in [0, 0.1) is 0 Å². The number of nitrogens with zero attached hydrogens (tertiary/aromatic N) is 2. The summed E-state index contributed by atoms with van der Waals surface area (Å²) < 4.78 is 5.70. The number of imidazole rings is 1. The van der Waals surface area contributed by atoms with Crippen LogP contribution < -0.4 is 10.1 Å². The van der Waals surface area contributed by atoms with Crippen molar-refractivity contribution in [2.24, 2.45) is 0 Å². The Morgan fingerprint density at radius 2 is 2.00 bits per heavy atom. The number of rotatable bonds is 7. The number of carbonyl (C=O) groups excluding carboxylic acids is 1. The zero-order valence-corrected chi connectivity index (χ0v) is 19.0. The average molecular weight is 469 g/mol. The van der Waals surface area contributed by atoms with Crippen LogP contribution >= 0.6 is 23.4 Å². The molecule has 0 aliphatic rings. The van der Waals surface area contributed by atoms with Crippen LogP contribution in [-0.2, 0) is 10.4 Å². The molecular weight excluding hydrogens is 448 g/mol. The highest BCUT2D eigenvalue weighted by atomic mass is 35.5. The normalized spacial score (nSPS) is 11.5. The third-order valence-electron chi connectivity index (χ3n) is 4.54. The van der Waals surface area contributed by atoms with Crippen molar-refractivity contribution in [3.8, 4) is 11.5 Å².